The van der Waals surface area contributed by atoms with Crippen molar-refractivity contribution >= 4 is 11.6 Å². The van der Waals surface area contributed by atoms with Crippen molar-refractivity contribution in [3.63, 3.8) is 0 Å². The smallest absolute Gasteiger partial charge is 0.163 e. The number of rotatable bonds is 1. The van der Waals surface area contributed by atoms with Gasteiger partial charge in [-0.3, -0.25) is 0 Å². The van der Waals surface area contributed by atoms with E-state index in [9.17, 15) is 0 Å². The molecule has 0 fully saturated rings. The van der Waals surface area contributed by atoms with Crippen LogP contribution < -0.4 is 0 Å². The highest BCUT2D eigenvalue weighted by molar-refractivity contribution is 6.30. The van der Waals surface area contributed by atoms with Gasteiger partial charge in [-0.15, -0.1) is 10.2 Å². The van der Waals surface area contributed by atoms with Crippen LogP contribution in [-0.4, -0.2) is 14.8 Å². The van der Waals surface area contributed by atoms with Gasteiger partial charge in [-0.1, -0.05) is 23.7 Å². The molecular formula is C9H8ClN3. The van der Waals surface area contributed by atoms with Gasteiger partial charge in [0.05, 0.1) is 0 Å². The lowest BCUT2D eigenvalue weighted by atomic mass is 10.2. The van der Waals surface area contributed by atoms with Crippen molar-refractivity contribution in [2.45, 2.75) is 0 Å². The summed E-state index contributed by atoms with van der Waals surface area (Å²) in [6, 6.07) is 7.55. The molecule has 1 heterocycles. The predicted octanol–water partition coefficient (Wildman–Crippen LogP) is 2.14. The van der Waals surface area contributed by atoms with E-state index >= 15 is 0 Å². The summed E-state index contributed by atoms with van der Waals surface area (Å²) in [6.45, 7) is 0. The maximum Gasteiger partial charge on any atom is 0.163 e. The Kier molecular flexibility index (Phi) is 2.02. The van der Waals surface area contributed by atoms with Gasteiger partial charge in [0.2, 0.25) is 0 Å². The van der Waals surface area contributed by atoms with E-state index < -0.39 is 0 Å². The fraction of sp³-hybridized carbons (Fsp3) is 0.111. The van der Waals surface area contributed by atoms with Gasteiger partial charge < -0.3 is 4.57 Å². The molecule has 0 atom stereocenters. The minimum atomic E-state index is 0.709. The molecule has 66 valence electrons. The fourth-order valence-corrected chi connectivity index (χ4v) is 1.36. The number of aromatic nitrogens is 3. The first-order valence-corrected chi connectivity index (χ1v) is 4.25. The molecule has 1 aromatic carbocycles. The van der Waals surface area contributed by atoms with Crippen LogP contribution in [0.3, 0.4) is 0 Å². The van der Waals surface area contributed by atoms with Crippen LogP contribution in [0.2, 0.25) is 5.02 Å². The SMILES string of the molecule is Cn1cnnc1-c1cccc(Cl)c1. The Balaban J connectivity index is 2.53. The van der Waals surface area contributed by atoms with Gasteiger partial charge in [0.1, 0.15) is 6.33 Å². The third kappa shape index (κ3) is 1.55. The maximum atomic E-state index is 5.86. The lowest BCUT2D eigenvalue weighted by molar-refractivity contribution is 0.920. The van der Waals surface area contributed by atoms with Crippen LogP contribution in [0.25, 0.3) is 11.4 Å². The summed E-state index contributed by atoms with van der Waals surface area (Å²) in [5, 5.41) is 8.49. The highest BCUT2D eigenvalue weighted by atomic mass is 35.5. The van der Waals surface area contributed by atoms with Crippen LogP contribution >= 0.6 is 11.6 Å². The summed E-state index contributed by atoms with van der Waals surface area (Å²) in [5.74, 6) is 0.822. The van der Waals surface area contributed by atoms with E-state index in [4.69, 9.17) is 11.6 Å². The first kappa shape index (κ1) is 8.26. The maximum absolute atomic E-state index is 5.86. The first-order chi connectivity index (χ1) is 6.27. The lowest BCUT2D eigenvalue weighted by Gasteiger charge is -1.99. The van der Waals surface area contributed by atoms with Crippen LogP contribution in [0.1, 0.15) is 0 Å². The predicted molar refractivity (Wildman–Crippen MR) is 51.4 cm³/mol. The van der Waals surface area contributed by atoms with Gasteiger partial charge in [0.25, 0.3) is 0 Å². The highest BCUT2D eigenvalue weighted by Gasteiger charge is 2.03. The van der Waals surface area contributed by atoms with Gasteiger partial charge in [-0.25, -0.2) is 0 Å². The molecule has 0 aliphatic rings. The molecule has 3 nitrogen and oxygen atoms in total. The van der Waals surface area contributed by atoms with Crippen LogP contribution in [-0.2, 0) is 7.05 Å². The van der Waals surface area contributed by atoms with E-state index in [2.05, 4.69) is 10.2 Å². The third-order valence-electron chi connectivity index (χ3n) is 1.79. The summed E-state index contributed by atoms with van der Waals surface area (Å²) in [7, 11) is 1.90. The standard InChI is InChI=1S/C9H8ClN3/c1-13-6-11-12-9(13)7-3-2-4-8(10)5-7/h2-6H,1H3. The Labute approximate surface area is 81.0 Å². The molecule has 0 spiro atoms. The fourth-order valence-electron chi connectivity index (χ4n) is 1.17. The minimum Gasteiger partial charge on any atom is -0.317 e. The molecule has 2 rings (SSSR count). The monoisotopic (exact) mass is 193 g/mol. The number of nitrogens with zero attached hydrogens (tertiary/aromatic N) is 3. The molecule has 0 saturated heterocycles. The summed E-state index contributed by atoms with van der Waals surface area (Å²) in [4.78, 5) is 0. The summed E-state index contributed by atoms with van der Waals surface area (Å²) >= 11 is 5.86. The van der Waals surface area contributed by atoms with E-state index in [1.54, 1.807) is 6.33 Å². The zero-order valence-electron chi connectivity index (χ0n) is 7.11. The Morgan fingerprint density at radius 1 is 1.38 bits per heavy atom. The van der Waals surface area contributed by atoms with Crippen molar-refractivity contribution in [1.82, 2.24) is 14.8 Å². The number of aryl methyl sites for hydroxylation is 1. The average Bonchev–Trinajstić information content (AvgIpc) is 2.51. The molecule has 0 aliphatic heterocycles. The normalized spacial score (nSPS) is 10.3. The zero-order valence-corrected chi connectivity index (χ0v) is 7.86. The lowest BCUT2D eigenvalue weighted by Crippen LogP contribution is -1.90. The van der Waals surface area contributed by atoms with Gasteiger partial charge in [-0.05, 0) is 12.1 Å². The molecule has 2 aromatic rings. The van der Waals surface area contributed by atoms with Crippen molar-refractivity contribution in [3.05, 3.63) is 35.6 Å². The second-order valence-corrected chi connectivity index (χ2v) is 3.21. The van der Waals surface area contributed by atoms with E-state index in [-0.39, 0.29) is 0 Å². The number of halogens is 1. The molecular weight excluding hydrogens is 186 g/mol. The topological polar surface area (TPSA) is 30.7 Å². The Morgan fingerprint density at radius 3 is 2.85 bits per heavy atom. The molecule has 0 N–H and O–H groups in total. The van der Waals surface area contributed by atoms with Crippen LogP contribution in [0.4, 0.5) is 0 Å². The molecule has 0 radical (unpaired) electrons. The van der Waals surface area contributed by atoms with E-state index in [1.165, 1.54) is 0 Å². The quantitative estimate of drug-likeness (QED) is 0.695. The molecule has 0 bridgehead atoms. The zero-order chi connectivity index (χ0) is 9.26. The molecule has 0 saturated carbocycles. The average molecular weight is 194 g/mol. The third-order valence-corrected chi connectivity index (χ3v) is 2.03. The minimum absolute atomic E-state index is 0.709. The Bertz CT molecular complexity index is 422. The van der Waals surface area contributed by atoms with Crippen molar-refractivity contribution in [2.75, 3.05) is 0 Å². The highest BCUT2D eigenvalue weighted by Crippen LogP contribution is 2.19. The van der Waals surface area contributed by atoms with Crippen LogP contribution in [0.5, 0.6) is 0 Å². The summed E-state index contributed by atoms with van der Waals surface area (Å²) < 4.78 is 1.85. The molecule has 1 aromatic heterocycles. The molecule has 0 aliphatic carbocycles. The van der Waals surface area contributed by atoms with Gasteiger partial charge in [-0.2, -0.15) is 0 Å². The van der Waals surface area contributed by atoms with Gasteiger partial charge in [0, 0.05) is 17.6 Å². The van der Waals surface area contributed by atoms with Gasteiger partial charge in [0.15, 0.2) is 5.82 Å². The molecule has 0 unspecified atom stereocenters. The van der Waals surface area contributed by atoms with Gasteiger partial charge >= 0.3 is 0 Å². The first-order valence-electron chi connectivity index (χ1n) is 3.87. The number of hydrogen-bond donors (Lipinski definition) is 0. The number of hydrogen-bond acceptors (Lipinski definition) is 2. The Morgan fingerprint density at radius 2 is 2.23 bits per heavy atom. The molecule has 4 heteroatoms. The van der Waals surface area contributed by atoms with Crippen LogP contribution in [0.15, 0.2) is 30.6 Å². The Hall–Kier alpha value is -1.35. The second kappa shape index (κ2) is 3.18. The van der Waals surface area contributed by atoms with Crippen molar-refractivity contribution in [3.8, 4) is 11.4 Å². The van der Waals surface area contributed by atoms with Crippen molar-refractivity contribution < 1.29 is 0 Å². The number of benzene rings is 1. The second-order valence-electron chi connectivity index (χ2n) is 2.78. The summed E-state index contributed by atoms with van der Waals surface area (Å²) in [6.07, 6.45) is 1.66. The summed E-state index contributed by atoms with van der Waals surface area (Å²) in [5.41, 5.74) is 0.979. The van der Waals surface area contributed by atoms with Crippen molar-refractivity contribution in [2.24, 2.45) is 7.05 Å². The van der Waals surface area contributed by atoms with Crippen molar-refractivity contribution in [1.29, 1.82) is 0 Å². The molecule has 0 amide bonds. The largest absolute Gasteiger partial charge is 0.317 e. The van der Waals surface area contributed by atoms with Crippen LogP contribution in [0, 0.1) is 0 Å². The molecule has 13 heavy (non-hydrogen) atoms. The van der Waals surface area contributed by atoms with E-state index in [0.29, 0.717) is 5.02 Å². The van der Waals surface area contributed by atoms with E-state index in [1.807, 2.05) is 35.9 Å². The van der Waals surface area contributed by atoms with E-state index in [0.717, 1.165) is 11.4 Å².